The van der Waals surface area contributed by atoms with Gasteiger partial charge in [0, 0.05) is 6.54 Å². The Balaban J connectivity index is 1.88. The fraction of sp³-hybridized carbons (Fsp3) is 0.556. The number of benzene rings is 1. The first-order chi connectivity index (χ1) is 11.2. The van der Waals surface area contributed by atoms with Crippen molar-refractivity contribution in [2.45, 2.75) is 44.2 Å². The Hall–Kier alpha value is -1.88. The van der Waals surface area contributed by atoms with Crippen LogP contribution in [-0.4, -0.2) is 47.3 Å². The van der Waals surface area contributed by atoms with Crippen molar-refractivity contribution in [3.05, 3.63) is 35.9 Å². The van der Waals surface area contributed by atoms with E-state index in [9.17, 15) is 9.59 Å². The zero-order chi connectivity index (χ0) is 16.2. The van der Waals surface area contributed by atoms with E-state index < -0.39 is 6.04 Å². The van der Waals surface area contributed by atoms with Crippen LogP contribution in [0.2, 0.25) is 0 Å². The number of likely N-dealkylation sites (tertiary alicyclic amines) is 2. The lowest BCUT2D eigenvalue weighted by atomic mass is 10.00. The minimum absolute atomic E-state index is 0.0272. The van der Waals surface area contributed by atoms with E-state index in [2.05, 4.69) is 4.90 Å². The van der Waals surface area contributed by atoms with Crippen LogP contribution in [0.5, 0.6) is 0 Å². The molecule has 1 aromatic rings. The molecule has 1 aromatic carbocycles. The van der Waals surface area contributed by atoms with Crippen LogP contribution in [0, 0.1) is 0 Å². The number of carbonyl (C=O) groups excluding carboxylic acids is 2. The predicted molar refractivity (Wildman–Crippen MR) is 88.5 cm³/mol. The molecule has 2 aliphatic rings. The minimum atomic E-state index is -0.446. The van der Waals surface area contributed by atoms with Crippen molar-refractivity contribution in [1.82, 2.24) is 9.80 Å². The maximum Gasteiger partial charge on any atom is 0.245 e. The van der Waals surface area contributed by atoms with Gasteiger partial charge in [-0.15, -0.1) is 0 Å². The fourth-order valence-electron chi connectivity index (χ4n) is 3.80. The molecule has 2 heterocycles. The molecule has 0 bridgehead atoms. The topological polar surface area (TPSA) is 66.6 Å². The highest BCUT2D eigenvalue weighted by Crippen LogP contribution is 2.29. The molecule has 2 atom stereocenters. The van der Waals surface area contributed by atoms with E-state index in [1.165, 1.54) is 6.42 Å². The van der Waals surface area contributed by atoms with E-state index in [-0.39, 0.29) is 17.9 Å². The third-order valence-corrected chi connectivity index (χ3v) is 4.97. The number of primary amides is 1. The molecule has 124 valence electrons. The molecule has 0 radical (unpaired) electrons. The smallest absolute Gasteiger partial charge is 0.245 e. The molecule has 0 aromatic heterocycles. The molecule has 23 heavy (non-hydrogen) atoms. The number of rotatable bonds is 4. The molecule has 2 amide bonds. The zero-order valence-corrected chi connectivity index (χ0v) is 13.5. The highest BCUT2D eigenvalue weighted by Gasteiger charge is 2.39. The number of hydrogen-bond donors (Lipinski definition) is 1. The van der Waals surface area contributed by atoms with Gasteiger partial charge in [0.05, 0.1) is 0 Å². The summed E-state index contributed by atoms with van der Waals surface area (Å²) in [5.74, 6) is -0.360. The van der Waals surface area contributed by atoms with Gasteiger partial charge in [0.2, 0.25) is 11.8 Å². The van der Waals surface area contributed by atoms with Gasteiger partial charge >= 0.3 is 0 Å². The van der Waals surface area contributed by atoms with E-state index in [0.29, 0.717) is 13.0 Å². The zero-order valence-electron chi connectivity index (χ0n) is 13.5. The molecule has 5 nitrogen and oxygen atoms in total. The molecule has 0 spiro atoms. The van der Waals surface area contributed by atoms with Crippen molar-refractivity contribution in [1.29, 1.82) is 0 Å². The van der Waals surface area contributed by atoms with E-state index in [1.54, 1.807) is 4.90 Å². The number of amides is 2. The molecule has 2 fully saturated rings. The first kappa shape index (κ1) is 16.0. The Morgan fingerprint density at radius 1 is 1.00 bits per heavy atom. The van der Waals surface area contributed by atoms with Crippen molar-refractivity contribution < 1.29 is 9.59 Å². The SMILES string of the molecule is NC(=O)C1CCCN1C(=O)[C@@H](c1ccccc1)N1CCCCC1. The molecule has 5 heteroatoms. The van der Waals surface area contributed by atoms with Gasteiger partial charge in [-0.3, -0.25) is 14.5 Å². The average Bonchev–Trinajstić information content (AvgIpc) is 3.07. The Labute approximate surface area is 137 Å². The van der Waals surface area contributed by atoms with Crippen LogP contribution in [0.3, 0.4) is 0 Å². The van der Waals surface area contributed by atoms with Crippen LogP contribution >= 0.6 is 0 Å². The van der Waals surface area contributed by atoms with Gasteiger partial charge in [0.25, 0.3) is 0 Å². The van der Waals surface area contributed by atoms with E-state index in [1.807, 2.05) is 30.3 Å². The van der Waals surface area contributed by atoms with Gasteiger partial charge < -0.3 is 10.6 Å². The lowest BCUT2D eigenvalue weighted by molar-refractivity contribution is -0.142. The highest BCUT2D eigenvalue weighted by atomic mass is 16.2. The largest absolute Gasteiger partial charge is 0.368 e. The number of hydrogen-bond acceptors (Lipinski definition) is 3. The summed E-state index contributed by atoms with van der Waals surface area (Å²) in [4.78, 5) is 28.9. The van der Waals surface area contributed by atoms with Crippen LogP contribution < -0.4 is 5.73 Å². The Bertz CT molecular complexity index is 555. The molecule has 1 unspecified atom stereocenters. The number of nitrogens with zero attached hydrogens (tertiary/aromatic N) is 2. The standard InChI is InChI=1S/C18H25N3O2/c19-17(22)15-10-7-13-21(15)18(23)16(14-8-3-1-4-9-14)20-11-5-2-6-12-20/h1,3-4,8-9,15-16H,2,5-7,10-13H2,(H2,19,22)/t15?,16-/m1/s1. The Morgan fingerprint density at radius 3 is 2.35 bits per heavy atom. The van der Waals surface area contributed by atoms with Crippen molar-refractivity contribution in [3.8, 4) is 0 Å². The van der Waals surface area contributed by atoms with Crippen LogP contribution in [0.1, 0.15) is 43.7 Å². The summed E-state index contributed by atoms with van der Waals surface area (Å²) in [6.45, 7) is 2.49. The second-order valence-corrected chi connectivity index (χ2v) is 6.50. The Morgan fingerprint density at radius 2 is 1.70 bits per heavy atom. The first-order valence-electron chi connectivity index (χ1n) is 8.57. The van der Waals surface area contributed by atoms with Gasteiger partial charge in [-0.2, -0.15) is 0 Å². The maximum absolute atomic E-state index is 13.2. The first-order valence-corrected chi connectivity index (χ1v) is 8.57. The number of piperidine rings is 1. The second kappa shape index (κ2) is 7.13. The third kappa shape index (κ3) is 3.39. The third-order valence-electron chi connectivity index (χ3n) is 4.97. The number of carbonyl (C=O) groups is 2. The average molecular weight is 315 g/mol. The summed E-state index contributed by atoms with van der Waals surface area (Å²) in [6, 6.07) is 9.17. The van der Waals surface area contributed by atoms with E-state index >= 15 is 0 Å². The summed E-state index contributed by atoms with van der Waals surface area (Å²) in [5.41, 5.74) is 6.51. The van der Waals surface area contributed by atoms with Gasteiger partial charge in [0.1, 0.15) is 12.1 Å². The minimum Gasteiger partial charge on any atom is -0.368 e. The molecule has 2 aliphatic heterocycles. The van der Waals surface area contributed by atoms with Gasteiger partial charge in [-0.1, -0.05) is 36.8 Å². The van der Waals surface area contributed by atoms with Crippen molar-refractivity contribution >= 4 is 11.8 Å². The fourth-order valence-corrected chi connectivity index (χ4v) is 3.80. The molecule has 0 aliphatic carbocycles. The van der Waals surface area contributed by atoms with Gasteiger partial charge in [-0.25, -0.2) is 0 Å². The van der Waals surface area contributed by atoms with Crippen LogP contribution in [0.15, 0.2) is 30.3 Å². The molecule has 2 N–H and O–H groups in total. The summed E-state index contributed by atoms with van der Waals surface area (Å²) in [5, 5.41) is 0. The lowest BCUT2D eigenvalue weighted by Gasteiger charge is -2.37. The van der Waals surface area contributed by atoms with E-state index in [0.717, 1.165) is 37.9 Å². The molecular formula is C18H25N3O2. The summed E-state index contributed by atoms with van der Waals surface area (Å²) in [7, 11) is 0. The van der Waals surface area contributed by atoms with Crippen LogP contribution in [0.4, 0.5) is 0 Å². The monoisotopic (exact) mass is 315 g/mol. The van der Waals surface area contributed by atoms with Crippen molar-refractivity contribution in [2.24, 2.45) is 5.73 Å². The van der Waals surface area contributed by atoms with Crippen molar-refractivity contribution in [2.75, 3.05) is 19.6 Å². The molecule has 0 saturated carbocycles. The predicted octanol–water partition coefficient (Wildman–Crippen LogP) is 1.69. The summed E-state index contributed by atoms with van der Waals surface area (Å²) < 4.78 is 0. The maximum atomic E-state index is 13.2. The van der Waals surface area contributed by atoms with Gasteiger partial charge in [-0.05, 0) is 44.3 Å². The summed E-state index contributed by atoms with van der Waals surface area (Å²) >= 11 is 0. The summed E-state index contributed by atoms with van der Waals surface area (Å²) in [6.07, 6.45) is 5.00. The van der Waals surface area contributed by atoms with Crippen molar-refractivity contribution in [3.63, 3.8) is 0 Å². The van der Waals surface area contributed by atoms with Crippen LogP contribution in [0.25, 0.3) is 0 Å². The van der Waals surface area contributed by atoms with Crippen LogP contribution in [-0.2, 0) is 9.59 Å². The molecule has 3 rings (SSSR count). The van der Waals surface area contributed by atoms with Gasteiger partial charge in [0.15, 0.2) is 0 Å². The second-order valence-electron chi connectivity index (χ2n) is 6.50. The van der Waals surface area contributed by atoms with E-state index in [4.69, 9.17) is 5.73 Å². The lowest BCUT2D eigenvalue weighted by Crippen LogP contribution is -2.49. The quantitative estimate of drug-likeness (QED) is 0.919. The Kier molecular flexibility index (Phi) is 4.96. The highest BCUT2D eigenvalue weighted by molar-refractivity contribution is 5.90. The number of nitrogens with two attached hydrogens (primary N) is 1. The molecule has 2 saturated heterocycles. The molecular weight excluding hydrogens is 290 g/mol. The normalized spacial score (nSPS) is 23.7.